The van der Waals surface area contributed by atoms with E-state index in [4.69, 9.17) is 0 Å². The predicted octanol–water partition coefficient (Wildman–Crippen LogP) is 2.02. The van der Waals surface area contributed by atoms with Gasteiger partial charge in [-0.05, 0) is 18.8 Å². The fraction of sp³-hybridized carbons (Fsp3) is 0.900. The summed E-state index contributed by atoms with van der Waals surface area (Å²) in [5.41, 5.74) is -0.415. The third kappa shape index (κ3) is 1.38. The molecule has 2 rings (SSSR count). The number of rotatable bonds is 0. The lowest BCUT2D eigenvalue weighted by atomic mass is 9.71. The van der Waals surface area contributed by atoms with Crippen LogP contribution >= 0.6 is 15.9 Å². The highest BCUT2D eigenvalue weighted by molar-refractivity contribution is 9.09. The minimum Gasteiger partial charge on any atom is -0.350 e. The Morgan fingerprint density at radius 1 is 1.50 bits per heavy atom. The van der Waals surface area contributed by atoms with E-state index in [1.807, 2.05) is 13.8 Å². The topological polar surface area (TPSA) is 29.1 Å². The molecule has 4 heteroatoms. The largest absolute Gasteiger partial charge is 0.350 e. The van der Waals surface area contributed by atoms with Gasteiger partial charge in [-0.1, -0.05) is 29.8 Å². The number of hydrogen-bond acceptors (Lipinski definition) is 1. The molecule has 2 aliphatic rings. The third-order valence-corrected chi connectivity index (χ3v) is 4.37. The summed E-state index contributed by atoms with van der Waals surface area (Å²) in [5.74, 6) is 0.125. The molecule has 80 valence electrons. The SMILES string of the molecule is CC1(C)C(=O)NC2C(F)CC(Br)CC21. The third-order valence-electron chi connectivity index (χ3n) is 3.62. The zero-order valence-corrected chi connectivity index (χ0v) is 9.97. The minimum absolute atomic E-state index is 0.00301. The summed E-state index contributed by atoms with van der Waals surface area (Å²) in [4.78, 5) is 11.8. The van der Waals surface area contributed by atoms with Crippen molar-refractivity contribution in [3.8, 4) is 0 Å². The van der Waals surface area contributed by atoms with Crippen LogP contribution < -0.4 is 5.32 Å². The molecule has 4 atom stereocenters. The van der Waals surface area contributed by atoms with Crippen LogP contribution in [-0.4, -0.2) is 22.9 Å². The molecule has 0 aromatic carbocycles. The molecule has 1 aliphatic heterocycles. The maximum atomic E-state index is 13.7. The van der Waals surface area contributed by atoms with Crippen molar-refractivity contribution in [1.82, 2.24) is 5.32 Å². The molecule has 1 saturated heterocycles. The Morgan fingerprint density at radius 2 is 2.14 bits per heavy atom. The van der Waals surface area contributed by atoms with Gasteiger partial charge in [-0.25, -0.2) is 4.39 Å². The lowest BCUT2D eigenvalue weighted by molar-refractivity contribution is -0.127. The van der Waals surface area contributed by atoms with Crippen LogP contribution in [0.25, 0.3) is 0 Å². The number of amides is 1. The fourth-order valence-corrected chi connectivity index (χ4v) is 3.36. The molecule has 4 unspecified atom stereocenters. The maximum absolute atomic E-state index is 13.7. The van der Waals surface area contributed by atoms with E-state index in [9.17, 15) is 9.18 Å². The van der Waals surface area contributed by atoms with Crippen molar-refractivity contribution in [3.63, 3.8) is 0 Å². The Bertz CT molecular complexity index is 269. The molecule has 2 fully saturated rings. The van der Waals surface area contributed by atoms with E-state index in [0.717, 1.165) is 6.42 Å². The predicted molar refractivity (Wildman–Crippen MR) is 56.0 cm³/mol. The van der Waals surface area contributed by atoms with Gasteiger partial charge in [0.2, 0.25) is 5.91 Å². The first-order chi connectivity index (χ1) is 6.43. The van der Waals surface area contributed by atoms with Crippen LogP contribution in [0.5, 0.6) is 0 Å². The average molecular weight is 264 g/mol. The van der Waals surface area contributed by atoms with E-state index in [1.54, 1.807) is 0 Å². The monoisotopic (exact) mass is 263 g/mol. The number of carbonyl (C=O) groups excluding carboxylic acids is 1. The normalized spacial score (nSPS) is 45.9. The van der Waals surface area contributed by atoms with Crippen LogP contribution in [-0.2, 0) is 4.79 Å². The Hall–Kier alpha value is -0.120. The van der Waals surface area contributed by atoms with Gasteiger partial charge in [-0.2, -0.15) is 0 Å². The number of carbonyl (C=O) groups is 1. The highest BCUT2D eigenvalue weighted by Crippen LogP contribution is 2.45. The van der Waals surface area contributed by atoms with Crippen molar-refractivity contribution < 1.29 is 9.18 Å². The molecular formula is C10H15BrFNO. The summed E-state index contributed by atoms with van der Waals surface area (Å²) in [5, 5.41) is 2.78. The molecule has 1 saturated carbocycles. The van der Waals surface area contributed by atoms with Crippen molar-refractivity contribution in [2.75, 3.05) is 0 Å². The molecule has 0 bridgehead atoms. The van der Waals surface area contributed by atoms with E-state index in [0.29, 0.717) is 6.42 Å². The molecule has 1 N–H and O–H groups in total. The zero-order chi connectivity index (χ0) is 10.5. The van der Waals surface area contributed by atoms with E-state index in [2.05, 4.69) is 21.2 Å². The summed E-state index contributed by atoms with van der Waals surface area (Å²) in [6, 6.07) is -0.258. The van der Waals surface area contributed by atoms with Crippen molar-refractivity contribution in [2.24, 2.45) is 11.3 Å². The number of fused-ring (bicyclic) bond motifs is 1. The van der Waals surface area contributed by atoms with Gasteiger partial charge in [0.25, 0.3) is 0 Å². The van der Waals surface area contributed by atoms with Crippen molar-refractivity contribution in [1.29, 1.82) is 0 Å². The Kier molecular flexibility index (Phi) is 2.37. The van der Waals surface area contributed by atoms with Crippen LogP contribution in [0.3, 0.4) is 0 Å². The molecule has 0 aromatic rings. The first-order valence-corrected chi connectivity index (χ1v) is 5.93. The second-order valence-corrected chi connectivity index (χ2v) is 6.21. The van der Waals surface area contributed by atoms with Gasteiger partial charge < -0.3 is 5.32 Å². The maximum Gasteiger partial charge on any atom is 0.226 e. The highest BCUT2D eigenvalue weighted by atomic mass is 79.9. The number of halogens is 2. The molecule has 14 heavy (non-hydrogen) atoms. The van der Waals surface area contributed by atoms with Crippen molar-refractivity contribution in [3.05, 3.63) is 0 Å². The highest BCUT2D eigenvalue weighted by Gasteiger charge is 2.54. The Morgan fingerprint density at radius 3 is 2.79 bits per heavy atom. The summed E-state index contributed by atoms with van der Waals surface area (Å²) >= 11 is 3.46. The molecule has 0 radical (unpaired) electrons. The second-order valence-electron chi connectivity index (χ2n) is 4.91. The number of nitrogens with one attached hydrogen (secondary N) is 1. The summed E-state index contributed by atoms with van der Waals surface area (Å²) in [6.45, 7) is 3.82. The Balaban J connectivity index is 2.26. The van der Waals surface area contributed by atoms with E-state index in [1.165, 1.54) is 0 Å². The standard InChI is InChI=1S/C10H15BrFNO/c1-10(2)6-3-5(11)4-7(12)8(6)13-9(10)14/h5-8H,3-4H2,1-2H3,(H,13,14). The number of alkyl halides is 2. The van der Waals surface area contributed by atoms with Crippen molar-refractivity contribution >= 4 is 21.8 Å². The zero-order valence-electron chi connectivity index (χ0n) is 8.39. The molecular weight excluding hydrogens is 249 g/mol. The summed E-state index contributed by atoms with van der Waals surface area (Å²) in [7, 11) is 0. The van der Waals surface area contributed by atoms with Gasteiger partial charge in [0.05, 0.1) is 6.04 Å². The first kappa shape index (κ1) is 10.4. The van der Waals surface area contributed by atoms with Gasteiger partial charge in [0.15, 0.2) is 0 Å². The molecule has 0 spiro atoms. The Labute approximate surface area is 91.8 Å². The molecule has 2 nitrogen and oxygen atoms in total. The van der Waals surface area contributed by atoms with E-state index >= 15 is 0 Å². The van der Waals surface area contributed by atoms with Gasteiger partial charge in [-0.15, -0.1) is 0 Å². The fourth-order valence-electron chi connectivity index (χ4n) is 2.60. The van der Waals surface area contributed by atoms with E-state index < -0.39 is 11.6 Å². The lowest BCUT2D eigenvalue weighted by Gasteiger charge is -2.35. The van der Waals surface area contributed by atoms with Crippen LogP contribution in [0.15, 0.2) is 0 Å². The lowest BCUT2D eigenvalue weighted by Crippen LogP contribution is -2.44. The van der Waals surface area contributed by atoms with Crippen LogP contribution in [0.1, 0.15) is 26.7 Å². The first-order valence-electron chi connectivity index (χ1n) is 5.02. The van der Waals surface area contributed by atoms with Crippen molar-refractivity contribution in [2.45, 2.75) is 43.7 Å². The van der Waals surface area contributed by atoms with Crippen LogP contribution in [0, 0.1) is 11.3 Å². The van der Waals surface area contributed by atoms with Gasteiger partial charge in [0.1, 0.15) is 6.17 Å². The van der Waals surface area contributed by atoms with Gasteiger partial charge in [-0.3, -0.25) is 4.79 Å². The summed E-state index contributed by atoms with van der Waals surface area (Å²) < 4.78 is 13.7. The molecule has 0 aromatic heterocycles. The summed E-state index contributed by atoms with van der Waals surface area (Å²) in [6.07, 6.45) is 0.498. The van der Waals surface area contributed by atoms with Crippen LogP contribution in [0.4, 0.5) is 4.39 Å². The van der Waals surface area contributed by atoms with Gasteiger partial charge in [0, 0.05) is 10.2 Å². The quantitative estimate of drug-likeness (QED) is 0.666. The molecule has 1 amide bonds. The van der Waals surface area contributed by atoms with E-state index in [-0.39, 0.29) is 22.7 Å². The molecule has 1 heterocycles. The smallest absolute Gasteiger partial charge is 0.226 e. The van der Waals surface area contributed by atoms with Crippen LogP contribution in [0.2, 0.25) is 0 Å². The second kappa shape index (κ2) is 3.19. The number of hydrogen-bond donors (Lipinski definition) is 1. The van der Waals surface area contributed by atoms with Gasteiger partial charge >= 0.3 is 0 Å². The molecule has 1 aliphatic carbocycles. The average Bonchev–Trinajstić information content (AvgIpc) is 2.28. The minimum atomic E-state index is -0.899.